The molecule has 1 unspecified atom stereocenters. The number of amides is 1. The molecule has 1 fully saturated rings. The molecule has 8 nitrogen and oxygen atoms in total. The summed E-state index contributed by atoms with van der Waals surface area (Å²) in [5, 5.41) is 7.33. The highest BCUT2D eigenvalue weighted by Gasteiger charge is 2.38. The number of carbonyl (C=O) groups is 1. The highest BCUT2D eigenvalue weighted by atomic mass is 19.4. The van der Waals surface area contributed by atoms with Crippen LogP contribution in [0.2, 0.25) is 0 Å². The maximum Gasteiger partial charge on any atom is 0.435 e. The summed E-state index contributed by atoms with van der Waals surface area (Å²) in [6.07, 6.45) is 0.805. The second-order valence-electron chi connectivity index (χ2n) is 7.84. The number of rotatable bonds is 5. The lowest BCUT2D eigenvalue weighted by Gasteiger charge is -2.25. The average molecular weight is 441 g/mol. The molecule has 3 heterocycles. The summed E-state index contributed by atoms with van der Waals surface area (Å²) < 4.78 is 43.0. The Bertz CT molecular complexity index is 1350. The quantitative estimate of drug-likeness (QED) is 0.475. The molecule has 164 valence electrons. The zero-order valence-electron chi connectivity index (χ0n) is 16.9. The Morgan fingerprint density at radius 2 is 2.00 bits per heavy atom. The fourth-order valence-electron chi connectivity index (χ4n) is 3.90. The second-order valence-corrected chi connectivity index (χ2v) is 7.84. The van der Waals surface area contributed by atoms with Gasteiger partial charge in [-0.05, 0) is 43.5 Å². The fourth-order valence-corrected chi connectivity index (χ4v) is 3.90. The first-order valence-corrected chi connectivity index (χ1v) is 9.97. The van der Waals surface area contributed by atoms with Crippen molar-refractivity contribution in [2.24, 2.45) is 0 Å². The maximum atomic E-state index is 13.8. The molecule has 1 amide bonds. The zero-order chi connectivity index (χ0) is 22.6. The number of benzene rings is 1. The number of nitrogen functional groups attached to an aromatic ring is 1. The van der Waals surface area contributed by atoms with E-state index in [9.17, 15) is 18.0 Å². The summed E-state index contributed by atoms with van der Waals surface area (Å²) in [5.41, 5.74) is 6.93. The van der Waals surface area contributed by atoms with Crippen LogP contribution in [-0.4, -0.2) is 41.9 Å². The molecule has 0 aliphatic heterocycles. The van der Waals surface area contributed by atoms with Crippen LogP contribution >= 0.6 is 0 Å². The molecule has 0 saturated heterocycles. The number of hydrogen-bond donors (Lipinski definition) is 1. The van der Waals surface area contributed by atoms with Crippen LogP contribution in [0.25, 0.3) is 27.7 Å². The molecule has 1 atom stereocenters. The number of nitrogens with zero attached hydrogens (tertiary/aromatic N) is 6. The summed E-state index contributed by atoms with van der Waals surface area (Å²) in [6.45, 7) is 1.73. The van der Waals surface area contributed by atoms with Gasteiger partial charge in [0.25, 0.3) is 0 Å². The molecule has 0 bridgehead atoms. The lowest BCUT2D eigenvalue weighted by Crippen LogP contribution is -2.29. The molecule has 0 spiro atoms. The predicted molar refractivity (Wildman–Crippen MR) is 110 cm³/mol. The number of imidazole rings is 1. The number of carbonyl (C=O) groups excluding carboxylic acids is 1. The average Bonchev–Trinajstić information content (AvgIpc) is 3.46. The maximum absolute atomic E-state index is 13.8. The Morgan fingerprint density at radius 1 is 1.22 bits per heavy atom. The van der Waals surface area contributed by atoms with Crippen LogP contribution in [0, 0.1) is 0 Å². The van der Waals surface area contributed by atoms with Crippen LogP contribution in [0.3, 0.4) is 0 Å². The van der Waals surface area contributed by atoms with Crippen molar-refractivity contribution in [1.82, 2.24) is 29.5 Å². The fraction of sp³-hybridized carbons (Fsp3) is 0.286. The van der Waals surface area contributed by atoms with E-state index < -0.39 is 17.9 Å². The first-order chi connectivity index (χ1) is 15.3. The molecule has 2 N–H and O–H groups in total. The largest absolute Gasteiger partial charge is 0.435 e. The van der Waals surface area contributed by atoms with Gasteiger partial charge in [-0.2, -0.15) is 18.3 Å². The number of hydrogen-bond acceptors (Lipinski definition) is 6. The molecule has 1 saturated carbocycles. The van der Waals surface area contributed by atoms with Gasteiger partial charge in [-0.15, -0.1) is 5.10 Å². The summed E-state index contributed by atoms with van der Waals surface area (Å²) in [4.78, 5) is 21.5. The van der Waals surface area contributed by atoms with Gasteiger partial charge in [-0.3, -0.25) is 9.20 Å². The van der Waals surface area contributed by atoms with E-state index in [0.29, 0.717) is 28.5 Å². The van der Waals surface area contributed by atoms with E-state index in [-0.39, 0.29) is 23.1 Å². The first kappa shape index (κ1) is 20.2. The van der Waals surface area contributed by atoms with E-state index in [1.807, 2.05) is 0 Å². The summed E-state index contributed by atoms with van der Waals surface area (Å²) in [5.74, 6) is 0.273. The SMILES string of the molecule is CC(c1cc(-c2ccc3nc(N)c4cncn4c3c2)c(C(F)(F)F)nn1)N(C=O)C1CC1. The number of anilines is 1. The normalized spacial score (nSPS) is 15.2. The van der Waals surface area contributed by atoms with Crippen molar-refractivity contribution < 1.29 is 18.0 Å². The van der Waals surface area contributed by atoms with Gasteiger partial charge in [0.1, 0.15) is 11.3 Å². The number of aromatic nitrogens is 5. The van der Waals surface area contributed by atoms with Gasteiger partial charge in [0.2, 0.25) is 6.41 Å². The lowest BCUT2D eigenvalue weighted by molar-refractivity contribution is -0.141. The molecule has 3 aromatic heterocycles. The monoisotopic (exact) mass is 441 g/mol. The molecule has 0 radical (unpaired) electrons. The Labute approximate surface area is 179 Å². The molecule has 11 heteroatoms. The third-order valence-corrected chi connectivity index (χ3v) is 5.73. The van der Waals surface area contributed by atoms with Crippen LogP contribution in [0.1, 0.15) is 37.2 Å². The Hall–Kier alpha value is -3.76. The van der Waals surface area contributed by atoms with Crippen LogP contribution in [0.5, 0.6) is 0 Å². The van der Waals surface area contributed by atoms with Gasteiger partial charge in [0, 0.05) is 11.6 Å². The van der Waals surface area contributed by atoms with Crippen molar-refractivity contribution in [1.29, 1.82) is 0 Å². The second kappa shape index (κ2) is 7.14. The van der Waals surface area contributed by atoms with Gasteiger partial charge >= 0.3 is 6.18 Å². The zero-order valence-corrected chi connectivity index (χ0v) is 16.9. The van der Waals surface area contributed by atoms with Crippen molar-refractivity contribution in [3.63, 3.8) is 0 Å². The Morgan fingerprint density at radius 3 is 2.69 bits per heavy atom. The van der Waals surface area contributed by atoms with E-state index in [1.165, 1.54) is 24.7 Å². The minimum absolute atomic E-state index is 0.0850. The third-order valence-electron chi connectivity index (χ3n) is 5.73. The van der Waals surface area contributed by atoms with Crippen LogP contribution in [0.4, 0.5) is 19.0 Å². The number of nitrogens with two attached hydrogens (primary N) is 1. The van der Waals surface area contributed by atoms with Crippen LogP contribution < -0.4 is 5.73 Å². The minimum atomic E-state index is -4.70. The highest BCUT2D eigenvalue weighted by molar-refractivity contribution is 5.87. The lowest BCUT2D eigenvalue weighted by atomic mass is 10.0. The minimum Gasteiger partial charge on any atom is -0.382 e. The molecule has 1 aliphatic rings. The molecular weight excluding hydrogens is 423 g/mol. The van der Waals surface area contributed by atoms with Crippen LogP contribution in [-0.2, 0) is 11.0 Å². The molecule has 5 rings (SSSR count). The molecular formula is C21H18F3N7O. The van der Waals surface area contributed by atoms with Crippen molar-refractivity contribution in [3.8, 4) is 11.1 Å². The number of alkyl halides is 3. The number of fused-ring (bicyclic) bond motifs is 3. The van der Waals surface area contributed by atoms with E-state index in [2.05, 4.69) is 20.2 Å². The summed E-state index contributed by atoms with van der Waals surface area (Å²) in [6, 6.07) is 5.67. The van der Waals surface area contributed by atoms with Gasteiger partial charge in [0.15, 0.2) is 5.69 Å². The predicted octanol–water partition coefficient (Wildman–Crippen LogP) is 3.62. The molecule has 32 heavy (non-hydrogen) atoms. The van der Waals surface area contributed by atoms with E-state index in [1.54, 1.807) is 28.4 Å². The van der Waals surface area contributed by atoms with Crippen LogP contribution in [0.15, 0.2) is 36.8 Å². The Balaban J connectivity index is 1.69. The van der Waals surface area contributed by atoms with Crippen molar-refractivity contribution in [3.05, 3.63) is 48.2 Å². The topological polar surface area (TPSA) is 102 Å². The van der Waals surface area contributed by atoms with Gasteiger partial charge in [0.05, 0.1) is 35.3 Å². The first-order valence-electron chi connectivity index (χ1n) is 9.97. The smallest absolute Gasteiger partial charge is 0.382 e. The molecule has 4 aromatic rings. The Kier molecular flexibility index (Phi) is 4.50. The standard InChI is InChI=1S/C21H18F3N7O/c1-11(31(10-32)13-3-4-13)16-7-14(19(29-28-16)21(22,23)24)12-2-5-15-17(6-12)30-9-26-8-18(30)20(25)27-15/h2,5-11,13H,3-4H2,1H3,(H2,25,27). The van der Waals surface area contributed by atoms with Crippen molar-refractivity contribution in [2.75, 3.05) is 5.73 Å². The van der Waals surface area contributed by atoms with E-state index >= 15 is 0 Å². The van der Waals surface area contributed by atoms with E-state index in [0.717, 1.165) is 12.8 Å². The molecule has 1 aromatic carbocycles. The third kappa shape index (κ3) is 3.29. The highest BCUT2D eigenvalue weighted by Crippen LogP contribution is 2.39. The van der Waals surface area contributed by atoms with Crippen molar-refractivity contribution in [2.45, 2.75) is 38.0 Å². The van der Waals surface area contributed by atoms with E-state index in [4.69, 9.17) is 5.73 Å². The number of halogens is 3. The van der Waals surface area contributed by atoms with Gasteiger partial charge in [-0.25, -0.2) is 9.97 Å². The summed E-state index contributed by atoms with van der Waals surface area (Å²) in [7, 11) is 0. The van der Waals surface area contributed by atoms with Gasteiger partial charge in [-0.1, -0.05) is 6.07 Å². The van der Waals surface area contributed by atoms with Crippen molar-refractivity contribution >= 4 is 28.8 Å². The van der Waals surface area contributed by atoms with Gasteiger partial charge < -0.3 is 10.6 Å². The molecule has 1 aliphatic carbocycles. The summed E-state index contributed by atoms with van der Waals surface area (Å²) >= 11 is 0.